The van der Waals surface area contributed by atoms with Crippen molar-refractivity contribution < 1.29 is 9.53 Å². The Kier molecular flexibility index (Phi) is 5.07. The Morgan fingerprint density at radius 1 is 1.26 bits per heavy atom. The lowest BCUT2D eigenvalue weighted by Gasteiger charge is -2.39. The van der Waals surface area contributed by atoms with Gasteiger partial charge in [-0.2, -0.15) is 0 Å². The Morgan fingerprint density at radius 3 is 2.70 bits per heavy atom. The van der Waals surface area contributed by atoms with Crippen molar-refractivity contribution in [2.75, 3.05) is 31.1 Å². The van der Waals surface area contributed by atoms with E-state index in [1.807, 2.05) is 11.0 Å². The van der Waals surface area contributed by atoms with Crippen LogP contribution in [0.3, 0.4) is 0 Å². The van der Waals surface area contributed by atoms with E-state index < -0.39 is 0 Å². The molecule has 27 heavy (non-hydrogen) atoms. The van der Waals surface area contributed by atoms with Crippen molar-refractivity contribution in [2.24, 2.45) is 0 Å². The Morgan fingerprint density at radius 2 is 2.04 bits per heavy atom. The fourth-order valence-electron chi connectivity index (χ4n) is 4.33. The average molecular weight is 366 g/mol. The molecule has 6 nitrogen and oxygen atoms in total. The molecule has 1 spiro atoms. The number of carbonyl (C=O) groups excluding carboxylic acids is 1. The summed E-state index contributed by atoms with van der Waals surface area (Å²) in [4.78, 5) is 25.0. The zero-order valence-electron chi connectivity index (χ0n) is 15.8. The third-order valence-electron chi connectivity index (χ3n) is 5.80. The number of benzene rings is 1. The Hall–Kier alpha value is -2.47. The van der Waals surface area contributed by atoms with Crippen LogP contribution < -0.4 is 4.90 Å². The van der Waals surface area contributed by atoms with Gasteiger partial charge in [-0.15, -0.1) is 0 Å². The number of piperidine rings is 1. The number of nitrogens with zero attached hydrogens (tertiary/aromatic N) is 4. The number of amides is 1. The Labute approximate surface area is 160 Å². The molecule has 3 heterocycles. The maximum atomic E-state index is 12.6. The number of ether oxygens (including phenoxy) is 1. The number of hydrogen-bond donors (Lipinski definition) is 0. The molecule has 2 aliphatic heterocycles. The first kappa shape index (κ1) is 17.9. The molecule has 2 fully saturated rings. The van der Waals surface area contributed by atoms with Crippen LogP contribution in [0, 0.1) is 0 Å². The van der Waals surface area contributed by atoms with Crippen molar-refractivity contribution in [3.05, 3.63) is 54.6 Å². The number of hydrogen-bond acceptors (Lipinski definition) is 5. The van der Waals surface area contributed by atoms with Crippen LogP contribution >= 0.6 is 0 Å². The molecule has 0 bridgehead atoms. The third-order valence-corrected chi connectivity index (χ3v) is 5.80. The summed E-state index contributed by atoms with van der Waals surface area (Å²) in [6.07, 6.45) is 7.45. The fourth-order valence-corrected chi connectivity index (χ4v) is 4.33. The SMILES string of the molecule is CCN(c1ccccc1)[C@@H]1COC2(CCN(C(=O)c3cnccn3)CC2)C1. The predicted octanol–water partition coefficient (Wildman–Crippen LogP) is 2.77. The number of para-hydroxylation sites is 1. The smallest absolute Gasteiger partial charge is 0.274 e. The molecule has 4 rings (SSSR count). The van der Waals surface area contributed by atoms with Crippen molar-refractivity contribution in [2.45, 2.75) is 37.8 Å². The lowest BCUT2D eigenvalue weighted by Crippen LogP contribution is -2.47. The number of carbonyl (C=O) groups is 1. The second-order valence-corrected chi connectivity index (χ2v) is 7.36. The molecule has 142 valence electrons. The predicted molar refractivity (Wildman–Crippen MR) is 104 cm³/mol. The molecule has 0 aliphatic carbocycles. The van der Waals surface area contributed by atoms with Crippen LogP contribution in [0.2, 0.25) is 0 Å². The summed E-state index contributed by atoms with van der Waals surface area (Å²) < 4.78 is 6.32. The van der Waals surface area contributed by atoms with Gasteiger partial charge in [0.1, 0.15) is 5.69 Å². The largest absolute Gasteiger partial charge is 0.373 e. The normalized spacial score (nSPS) is 21.4. The minimum absolute atomic E-state index is 0.0352. The van der Waals surface area contributed by atoms with Crippen molar-refractivity contribution in [1.29, 1.82) is 0 Å². The van der Waals surface area contributed by atoms with E-state index >= 15 is 0 Å². The molecule has 1 atom stereocenters. The van der Waals surface area contributed by atoms with Gasteiger partial charge in [-0.05, 0) is 38.3 Å². The molecule has 0 N–H and O–H groups in total. The van der Waals surface area contributed by atoms with Crippen molar-refractivity contribution in [3.63, 3.8) is 0 Å². The van der Waals surface area contributed by atoms with Gasteiger partial charge in [0.15, 0.2) is 0 Å². The standard InChI is InChI=1S/C21H26N4O2/c1-2-25(17-6-4-3-5-7-17)18-14-21(27-16-18)8-12-24(13-9-21)20(26)19-15-22-10-11-23-19/h3-7,10-11,15,18H,2,8-9,12-14,16H2,1H3/t18-/m0/s1. The lowest BCUT2D eigenvalue weighted by atomic mass is 9.87. The molecule has 0 radical (unpaired) electrons. The molecule has 1 aromatic carbocycles. The second-order valence-electron chi connectivity index (χ2n) is 7.36. The summed E-state index contributed by atoms with van der Waals surface area (Å²) in [6, 6.07) is 10.9. The van der Waals surface area contributed by atoms with Gasteiger partial charge in [-0.25, -0.2) is 4.98 Å². The summed E-state index contributed by atoms with van der Waals surface area (Å²) in [5, 5.41) is 0. The van der Waals surface area contributed by atoms with Crippen molar-refractivity contribution >= 4 is 11.6 Å². The van der Waals surface area contributed by atoms with Gasteiger partial charge in [-0.1, -0.05) is 18.2 Å². The molecule has 2 aliphatic rings. The summed E-state index contributed by atoms with van der Waals surface area (Å²) in [6.45, 7) is 5.32. The molecule has 6 heteroatoms. The van der Waals surface area contributed by atoms with Crippen LogP contribution in [0.1, 0.15) is 36.7 Å². The molecule has 1 amide bonds. The quantitative estimate of drug-likeness (QED) is 0.833. The second kappa shape index (κ2) is 7.64. The van der Waals surface area contributed by atoms with Gasteiger partial charge in [0, 0.05) is 37.7 Å². The van der Waals surface area contributed by atoms with E-state index in [0.717, 1.165) is 32.4 Å². The maximum Gasteiger partial charge on any atom is 0.274 e. The number of likely N-dealkylation sites (N-methyl/N-ethyl adjacent to an activating group) is 1. The lowest BCUT2D eigenvalue weighted by molar-refractivity contribution is -0.0389. The van der Waals surface area contributed by atoms with E-state index in [1.54, 1.807) is 12.4 Å². The van der Waals surface area contributed by atoms with Crippen LogP contribution in [0.5, 0.6) is 0 Å². The molecule has 0 saturated carbocycles. The molecular formula is C21H26N4O2. The van der Waals surface area contributed by atoms with Gasteiger partial charge in [0.05, 0.1) is 24.4 Å². The molecule has 1 aromatic heterocycles. The van der Waals surface area contributed by atoms with Gasteiger partial charge in [0.25, 0.3) is 5.91 Å². The van der Waals surface area contributed by atoms with E-state index in [-0.39, 0.29) is 11.5 Å². The summed E-state index contributed by atoms with van der Waals surface area (Å²) >= 11 is 0. The average Bonchev–Trinajstić information content (AvgIpc) is 3.13. The highest BCUT2D eigenvalue weighted by Crippen LogP contribution is 2.38. The summed E-state index contributed by atoms with van der Waals surface area (Å²) in [7, 11) is 0. The van der Waals surface area contributed by atoms with Crippen molar-refractivity contribution in [3.8, 4) is 0 Å². The molecular weight excluding hydrogens is 340 g/mol. The number of aromatic nitrogens is 2. The van der Waals surface area contributed by atoms with E-state index in [2.05, 4.69) is 46.1 Å². The molecule has 0 unspecified atom stereocenters. The van der Waals surface area contributed by atoms with Crippen molar-refractivity contribution in [1.82, 2.24) is 14.9 Å². The van der Waals surface area contributed by atoms with E-state index in [0.29, 0.717) is 24.8 Å². The molecule has 2 aromatic rings. The summed E-state index contributed by atoms with van der Waals surface area (Å²) in [5.74, 6) is -0.0352. The van der Waals surface area contributed by atoms with Crippen LogP contribution in [-0.2, 0) is 4.74 Å². The monoisotopic (exact) mass is 366 g/mol. The zero-order chi connectivity index (χ0) is 18.7. The minimum Gasteiger partial charge on any atom is -0.373 e. The Bertz CT molecular complexity index is 760. The maximum absolute atomic E-state index is 12.6. The fraction of sp³-hybridized carbons (Fsp3) is 0.476. The topological polar surface area (TPSA) is 58.6 Å². The first-order valence-electron chi connectivity index (χ1n) is 9.72. The highest BCUT2D eigenvalue weighted by Gasteiger charge is 2.45. The van der Waals surface area contributed by atoms with E-state index in [4.69, 9.17) is 4.74 Å². The van der Waals surface area contributed by atoms with E-state index in [9.17, 15) is 4.79 Å². The number of likely N-dealkylation sites (tertiary alicyclic amines) is 1. The minimum atomic E-state index is -0.105. The van der Waals surface area contributed by atoms with Gasteiger partial charge >= 0.3 is 0 Å². The summed E-state index contributed by atoms with van der Waals surface area (Å²) in [5.41, 5.74) is 1.56. The van der Waals surface area contributed by atoms with Crippen LogP contribution in [-0.4, -0.2) is 58.7 Å². The Balaban J connectivity index is 1.38. The number of anilines is 1. The van der Waals surface area contributed by atoms with Gasteiger partial charge < -0.3 is 14.5 Å². The highest BCUT2D eigenvalue weighted by molar-refractivity contribution is 5.92. The zero-order valence-corrected chi connectivity index (χ0v) is 15.8. The van der Waals surface area contributed by atoms with Crippen LogP contribution in [0.15, 0.2) is 48.9 Å². The highest BCUT2D eigenvalue weighted by atomic mass is 16.5. The molecule has 2 saturated heterocycles. The number of rotatable bonds is 4. The van der Waals surface area contributed by atoms with Gasteiger partial charge in [-0.3, -0.25) is 9.78 Å². The third kappa shape index (κ3) is 3.67. The van der Waals surface area contributed by atoms with Crippen LogP contribution in [0.25, 0.3) is 0 Å². The van der Waals surface area contributed by atoms with Gasteiger partial charge in [0.2, 0.25) is 0 Å². The van der Waals surface area contributed by atoms with E-state index in [1.165, 1.54) is 11.9 Å². The first-order chi connectivity index (χ1) is 13.2. The van der Waals surface area contributed by atoms with Crippen LogP contribution in [0.4, 0.5) is 5.69 Å². The first-order valence-corrected chi connectivity index (χ1v) is 9.72.